The molecule has 0 bridgehead atoms. The lowest BCUT2D eigenvalue weighted by Gasteiger charge is -2.15. The Balaban J connectivity index is 2.11. The summed E-state index contributed by atoms with van der Waals surface area (Å²) in [6.45, 7) is 2.88. The van der Waals surface area contributed by atoms with E-state index in [1.165, 1.54) is 31.2 Å². The van der Waals surface area contributed by atoms with Gasteiger partial charge in [-0.05, 0) is 49.4 Å². The first-order chi connectivity index (χ1) is 11.0. The van der Waals surface area contributed by atoms with Crippen molar-refractivity contribution in [2.24, 2.45) is 0 Å². The van der Waals surface area contributed by atoms with E-state index in [1.807, 2.05) is 0 Å². The average Bonchev–Trinajstić information content (AvgIpc) is 2.54. The molecule has 1 amide bonds. The van der Waals surface area contributed by atoms with Crippen LogP contribution in [0.5, 0.6) is 11.5 Å². The predicted octanol–water partition coefficient (Wildman–Crippen LogP) is 3.60. The summed E-state index contributed by atoms with van der Waals surface area (Å²) in [6, 6.07) is 12.1. The first-order valence-electron chi connectivity index (χ1n) is 6.99. The Bertz CT molecular complexity index is 747. The molecule has 0 heterocycles. The Morgan fingerprint density at radius 2 is 1.91 bits per heavy atom. The number of carbonyl (C=O) groups is 1. The Labute approximate surface area is 134 Å². The predicted molar refractivity (Wildman–Crippen MR) is 83.6 cm³/mol. The highest BCUT2D eigenvalue weighted by Gasteiger charge is 2.10. The molecule has 1 atom stereocenters. The van der Waals surface area contributed by atoms with Gasteiger partial charge >= 0.3 is 0 Å². The molecule has 0 saturated heterocycles. The highest BCUT2D eigenvalue weighted by Crippen LogP contribution is 2.22. The van der Waals surface area contributed by atoms with Crippen molar-refractivity contribution in [2.75, 3.05) is 0 Å². The van der Waals surface area contributed by atoms with Crippen LogP contribution in [0.2, 0.25) is 0 Å². The van der Waals surface area contributed by atoms with E-state index in [-0.39, 0.29) is 5.82 Å². The zero-order chi connectivity index (χ0) is 16.8. The maximum absolute atomic E-state index is 12.9. The van der Waals surface area contributed by atoms with Crippen LogP contribution in [0.25, 0.3) is 0 Å². The van der Waals surface area contributed by atoms with Crippen molar-refractivity contribution >= 4 is 5.91 Å². The lowest BCUT2D eigenvalue weighted by Crippen LogP contribution is -2.32. The normalized spacial score (nSPS) is 11.1. The molecule has 0 aliphatic rings. The molecule has 0 radical (unpaired) electrons. The zero-order valence-electron chi connectivity index (χ0n) is 12.8. The molecular formula is C18H16FNO3. The van der Waals surface area contributed by atoms with Crippen LogP contribution < -0.4 is 4.74 Å². The standard InChI is InChI=1S/C18H16FNO3/c1-13(20(22)14(2)21)6-7-15-4-3-5-18(12-15)23-17-10-8-16(19)9-11-17/h3-5,8-13,22H,1-2H3. The van der Waals surface area contributed by atoms with Crippen molar-refractivity contribution in [3.8, 4) is 23.3 Å². The van der Waals surface area contributed by atoms with E-state index in [4.69, 9.17) is 4.74 Å². The summed E-state index contributed by atoms with van der Waals surface area (Å²) < 4.78 is 18.5. The summed E-state index contributed by atoms with van der Waals surface area (Å²) in [5, 5.41) is 10.0. The van der Waals surface area contributed by atoms with Crippen LogP contribution in [-0.2, 0) is 4.79 Å². The van der Waals surface area contributed by atoms with Gasteiger partial charge in [-0.25, -0.2) is 9.45 Å². The van der Waals surface area contributed by atoms with Gasteiger partial charge in [0.2, 0.25) is 5.91 Å². The largest absolute Gasteiger partial charge is 0.457 e. The minimum Gasteiger partial charge on any atom is -0.457 e. The fourth-order valence-electron chi connectivity index (χ4n) is 1.80. The summed E-state index contributed by atoms with van der Waals surface area (Å²) in [7, 11) is 0. The number of halogens is 1. The van der Waals surface area contributed by atoms with Crippen molar-refractivity contribution in [3.63, 3.8) is 0 Å². The number of ether oxygens (including phenoxy) is 1. The van der Waals surface area contributed by atoms with E-state index < -0.39 is 11.9 Å². The van der Waals surface area contributed by atoms with E-state index in [9.17, 15) is 14.4 Å². The molecule has 1 unspecified atom stereocenters. The molecule has 0 aromatic heterocycles. The first-order valence-corrected chi connectivity index (χ1v) is 6.99. The minimum absolute atomic E-state index is 0.329. The van der Waals surface area contributed by atoms with Crippen LogP contribution in [0.3, 0.4) is 0 Å². The number of amides is 1. The summed E-state index contributed by atoms with van der Waals surface area (Å²) in [5.41, 5.74) is 0.674. The molecule has 0 aliphatic heterocycles. The first kappa shape index (κ1) is 16.5. The molecule has 2 rings (SSSR count). The van der Waals surface area contributed by atoms with Gasteiger partial charge in [-0.15, -0.1) is 0 Å². The second-order valence-electron chi connectivity index (χ2n) is 4.89. The van der Waals surface area contributed by atoms with Crippen LogP contribution in [-0.4, -0.2) is 22.2 Å². The van der Waals surface area contributed by atoms with E-state index >= 15 is 0 Å². The van der Waals surface area contributed by atoms with Crippen molar-refractivity contribution in [3.05, 3.63) is 59.9 Å². The SMILES string of the molecule is CC(=O)N(O)C(C)C#Cc1cccc(Oc2ccc(F)cc2)c1. The Kier molecular flexibility index (Phi) is 5.34. The lowest BCUT2D eigenvalue weighted by atomic mass is 10.2. The van der Waals surface area contributed by atoms with Crippen LogP contribution in [0.4, 0.5) is 4.39 Å². The van der Waals surface area contributed by atoms with Gasteiger partial charge < -0.3 is 4.74 Å². The van der Waals surface area contributed by atoms with Gasteiger partial charge in [0.1, 0.15) is 23.4 Å². The molecule has 23 heavy (non-hydrogen) atoms. The van der Waals surface area contributed by atoms with Crippen LogP contribution >= 0.6 is 0 Å². The molecule has 2 aromatic rings. The molecule has 0 saturated carbocycles. The average molecular weight is 313 g/mol. The molecule has 118 valence electrons. The molecule has 5 heteroatoms. The summed E-state index contributed by atoms with van der Waals surface area (Å²) in [4.78, 5) is 11.0. The Morgan fingerprint density at radius 1 is 1.22 bits per heavy atom. The smallest absolute Gasteiger partial charge is 0.243 e. The number of benzene rings is 2. The van der Waals surface area contributed by atoms with E-state index in [0.717, 1.165) is 0 Å². The number of nitrogens with zero attached hydrogens (tertiary/aromatic N) is 1. The topological polar surface area (TPSA) is 49.8 Å². The van der Waals surface area contributed by atoms with Crippen LogP contribution in [0.1, 0.15) is 19.4 Å². The number of hydroxylamine groups is 2. The third-order valence-electron chi connectivity index (χ3n) is 3.00. The van der Waals surface area contributed by atoms with Crippen LogP contribution in [0, 0.1) is 17.7 Å². The fourth-order valence-corrected chi connectivity index (χ4v) is 1.80. The molecule has 4 nitrogen and oxygen atoms in total. The molecule has 2 aromatic carbocycles. The number of hydrogen-bond acceptors (Lipinski definition) is 3. The van der Waals surface area contributed by atoms with Gasteiger partial charge in [0.05, 0.1) is 0 Å². The third-order valence-corrected chi connectivity index (χ3v) is 3.00. The molecule has 0 spiro atoms. The van der Waals surface area contributed by atoms with Gasteiger partial charge in [-0.2, -0.15) is 0 Å². The number of hydrogen-bond donors (Lipinski definition) is 1. The minimum atomic E-state index is -0.617. The molecule has 0 aliphatic carbocycles. The van der Waals surface area contributed by atoms with Gasteiger partial charge in [0.15, 0.2) is 0 Å². The molecule has 0 fully saturated rings. The third kappa shape index (κ3) is 4.83. The van der Waals surface area contributed by atoms with Crippen molar-refractivity contribution in [1.82, 2.24) is 5.06 Å². The van der Waals surface area contributed by atoms with Gasteiger partial charge in [-0.1, -0.05) is 17.9 Å². The van der Waals surface area contributed by atoms with Gasteiger partial charge in [0, 0.05) is 12.5 Å². The number of rotatable bonds is 3. The monoisotopic (exact) mass is 313 g/mol. The Hall–Kier alpha value is -2.84. The highest BCUT2D eigenvalue weighted by molar-refractivity contribution is 5.72. The second-order valence-corrected chi connectivity index (χ2v) is 4.89. The van der Waals surface area contributed by atoms with Gasteiger partial charge in [-0.3, -0.25) is 10.0 Å². The zero-order valence-corrected chi connectivity index (χ0v) is 12.8. The lowest BCUT2D eigenvalue weighted by molar-refractivity contribution is -0.166. The molecule has 1 N–H and O–H groups in total. The van der Waals surface area contributed by atoms with Crippen LogP contribution in [0.15, 0.2) is 48.5 Å². The van der Waals surface area contributed by atoms with E-state index in [1.54, 1.807) is 31.2 Å². The van der Waals surface area contributed by atoms with E-state index in [2.05, 4.69) is 11.8 Å². The fraction of sp³-hybridized carbons (Fsp3) is 0.167. The summed E-state index contributed by atoms with van der Waals surface area (Å²) in [5.74, 6) is 5.92. The van der Waals surface area contributed by atoms with E-state index in [0.29, 0.717) is 22.1 Å². The second kappa shape index (κ2) is 7.43. The number of carbonyl (C=O) groups excluding carboxylic acids is 1. The quantitative estimate of drug-likeness (QED) is 0.535. The highest BCUT2D eigenvalue weighted by atomic mass is 19.1. The summed E-state index contributed by atoms with van der Waals surface area (Å²) >= 11 is 0. The maximum atomic E-state index is 12.9. The Morgan fingerprint density at radius 3 is 2.57 bits per heavy atom. The summed E-state index contributed by atoms with van der Waals surface area (Å²) in [6.07, 6.45) is 0. The van der Waals surface area contributed by atoms with Crippen molar-refractivity contribution in [1.29, 1.82) is 0 Å². The van der Waals surface area contributed by atoms with Crippen molar-refractivity contribution < 1.29 is 19.1 Å². The van der Waals surface area contributed by atoms with Gasteiger partial charge in [0.25, 0.3) is 0 Å². The van der Waals surface area contributed by atoms with Crippen molar-refractivity contribution in [2.45, 2.75) is 19.9 Å². The molecular weight excluding hydrogens is 297 g/mol. The maximum Gasteiger partial charge on any atom is 0.243 e.